The maximum absolute atomic E-state index is 11.8. The van der Waals surface area contributed by atoms with Crippen molar-refractivity contribution in [1.82, 2.24) is 4.98 Å². The van der Waals surface area contributed by atoms with Gasteiger partial charge < -0.3 is 9.52 Å². The third kappa shape index (κ3) is 2.61. The van der Waals surface area contributed by atoms with Gasteiger partial charge in [-0.25, -0.2) is 9.78 Å². The molecule has 0 saturated heterocycles. The van der Waals surface area contributed by atoms with Crippen LogP contribution in [0.25, 0.3) is 33.3 Å². The Kier molecular flexibility index (Phi) is 3.62. The predicted octanol–water partition coefficient (Wildman–Crippen LogP) is 5.73. The number of aromatic carboxylic acids is 1. The monoisotopic (exact) mass is 395 g/mol. The van der Waals surface area contributed by atoms with Crippen LogP contribution in [-0.2, 0) is 0 Å². The van der Waals surface area contributed by atoms with Crippen molar-refractivity contribution < 1.29 is 14.3 Å². The average molecular weight is 396 g/mol. The summed E-state index contributed by atoms with van der Waals surface area (Å²) in [6, 6.07) is 13.1. The van der Waals surface area contributed by atoms with E-state index in [2.05, 4.69) is 15.9 Å². The minimum atomic E-state index is -0.971. The van der Waals surface area contributed by atoms with Crippen LogP contribution < -0.4 is 0 Å². The second-order valence-corrected chi connectivity index (χ2v) is 6.99. The van der Waals surface area contributed by atoms with Gasteiger partial charge in [0.25, 0.3) is 0 Å². The number of nitrogens with zero attached hydrogens (tertiary/aromatic N) is 1. The number of hydrogen-bond donors (Lipinski definition) is 1. The van der Waals surface area contributed by atoms with E-state index in [-0.39, 0.29) is 5.56 Å². The first kappa shape index (κ1) is 15.8. The molecule has 1 N–H and O–H groups in total. The molecule has 4 aromatic rings. The highest BCUT2D eigenvalue weighted by Crippen LogP contribution is 2.32. The SMILES string of the molecule is Cc1ccc(C)c2c(C(=O)O)cc(-c3cc4cc(Br)ccc4o3)nc12. The molecule has 0 bridgehead atoms. The van der Waals surface area contributed by atoms with Crippen LogP contribution >= 0.6 is 15.9 Å². The van der Waals surface area contributed by atoms with E-state index in [0.29, 0.717) is 22.4 Å². The summed E-state index contributed by atoms with van der Waals surface area (Å²) in [5.74, 6) is -0.417. The van der Waals surface area contributed by atoms with E-state index < -0.39 is 5.97 Å². The number of hydrogen-bond acceptors (Lipinski definition) is 3. The summed E-state index contributed by atoms with van der Waals surface area (Å²) in [5.41, 5.74) is 4.01. The fourth-order valence-corrected chi connectivity index (χ4v) is 3.46. The molecule has 0 amide bonds. The lowest BCUT2D eigenvalue weighted by Crippen LogP contribution is -2.02. The van der Waals surface area contributed by atoms with Gasteiger partial charge in [-0.15, -0.1) is 0 Å². The number of halogens is 1. The van der Waals surface area contributed by atoms with Crippen LogP contribution in [0.2, 0.25) is 0 Å². The quantitative estimate of drug-likeness (QED) is 0.470. The number of aromatic nitrogens is 1. The van der Waals surface area contributed by atoms with Crippen LogP contribution in [0, 0.1) is 13.8 Å². The van der Waals surface area contributed by atoms with Crippen molar-refractivity contribution in [2.24, 2.45) is 0 Å². The van der Waals surface area contributed by atoms with Crippen molar-refractivity contribution >= 4 is 43.8 Å². The Labute approximate surface area is 152 Å². The fourth-order valence-electron chi connectivity index (χ4n) is 3.08. The van der Waals surface area contributed by atoms with Crippen molar-refractivity contribution in [3.8, 4) is 11.5 Å². The van der Waals surface area contributed by atoms with E-state index >= 15 is 0 Å². The molecule has 0 fully saturated rings. The molecule has 0 unspecified atom stereocenters. The lowest BCUT2D eigenvalue weighted by molar-refractivity contribution is 0.0699. The van der Waals surface area contributed by atoms with Gasteiger partial charge in [0, 0.05) is 15.2 Å². The fraction of sp³-hybridized carbons (Fsp3) is 0.100. The Bertz CT molecular complexity index is 1160. The van der Waals surface area contributed by atoms with E-state index in [1.165, 1.54) is 0 Å². The molecule has 0 aliphatic rings. The van der Waals surface area contributed by atoms with Crippen molar-refractivity contribution in [2.45, 2.75) is 13.8 Å². The number of carbonyl (C=O) groups is 1. The third-order valence-electron chi connectivity index (χ3n) is 4.33. The molecule has 4 rings (SSSR count). The summed E-state index contributed by atoms with van der Waals surface area (Å²) in [6.45, 7) is 3.83. The molecule has 5 heteroatoms. The number of benzene rings is 2. The first-order valence-corrected chi connectivity index (χ1v) is 8.57. The minimum Gasteiger partial charge on any atom is -0.478 e. The Morgan fingerprint density at radius 1 is 1.08 bits per heavy atom. The number of fused-ring (bicyclic) bond motifs is 2. The van der Waals surface area contributed by atoms with Gasteiger partial charge >= 0.3 is 5.97 Å². The number of aryl methyl sites for hydroxylation is 2. The van der Waals surface area contributed by atoms with Crippen LogP contribution in [0.5, 0.6) is 0 Å². The maximum Gasteiger partial charge on any atom is 0.336 e. The van der Waals surface area contributed by atoms with E-state index in [4.69, 9.17) is 9.40 Å². The smallest absolute Gasteiger partial charge is 0.336 e. The minimum absolute atomic E-state index is 0.239. The van der Waals surface area contributed by atoms with Crippen molar-refractivity contribution in [3.05, 3.63) is 63.6 Å². The first-order chi connectivity index (χ1) is 11.9. The van der Waals surface area contributed by atoms with Crippen molar-refractivity contribution in [1.29, 1.82) is 0 Å². The topological polar surface area (TPSA) is 63.3 Å². The molecular formula is C20H14BrNO3. The van der Waals surface area contributed by atoms with E-state index in [9.17, 15) is 9.90 Å². The van der Waals surface area contributed by atoms with Crippen LogP contribution in [0.4, 0.5) is 0 Å². The van der Waals surface area contributed by atoms with Gasteiger partial charge in [-0.2, -0.15) is 0 Å². The molecule has 0 spiro atoms. The summed E-state index contributed by atoms with van der Waals surface area (Å²) in [4.78, 5) is 16.5. The van der Waals surface area contributed by atoms with E-state index in [1.54, 1.807) is 6.07 Å². The molecular weight excluding hydrogens is 382 g/mol. The summed E-state index contributed by atoms with van der Waals surface area (Å²) in [6.07, 6.45) is 0. The Hall–Kier alpha value is -2.66. The second kappa shape index (κ2) is 5.70. The Morgan fingerprint density at radius 2 is 1.84 bits per heavy atom. The molecule has 0 radical (unpaired) electrons. The molecule has 2 heterocycles. The molecule has 0 saturated carbocycles. The molecule has 2 aromatic carbocycles. The zero-order valence-corrected chi connectivity index (χ0v) is 15.2. The maximum atomic E-state index is 11.8. The normalized spacial score (nSPS) is 11.3. The summed E-state index contributed by atoms with van der Waals surface area (Å²) < 4.78 is 6.84. The van der Waals surface area contributed by atoms with Gasteiger partial charge in [0.05, 0.1) is 11.1 Å². The lowest BCUT2D eigenvalue weighted by Gasteiger charge is -2.10. The highest BCUT2D eigenvalue weighted by molar-refractivity contribution is 9.10. The summed E-state index contributed by atoms with van der Waals surface area (Å²) in [7, 11) is 0. The summed E-state index contributed by atoms with van der Waals surface area (Å²) >= 11 is 3.44. The van der Waals surface area contributed by atoms with Crippen molar-refractivity contribution in [3.63, 3.8) is 0 Å². The van der Waals surface area contributed by atoms with Crippen LogP contribution in [0.15, 0.2) is 51.4 Å². The molecule has 0 atom stereocenters. The number of carboxylic acids is 1. The highest BCUT2D eigenvalue weighted by atomic mass is 79.9. The van der Waals surface area contributed by atoms with E-state index in [1.807, 2.05) is 50.2 Å². The highest BCUT2D eigenvalue weighted by Gasteiger charge is 2.18. The zero-order chi connectivity index (χ0) is 17.7. The lowest BCUT2D eigenvalue weighted by atomic mass is 9.99. The number of carboxylic acid groups (broad SMARTS) is 1. The second-order valence-electron chi connectivity index (χ2n) is 6.08. The predicted molar refractivity (Wildman–Crippen MR) is 101 cm³/mol. The zero-order valence-electron chi connectivity index (χ0n) is 13.6. The Morgan fingerprint density at radius 3 is 2.60 bits per heavy atom. The number of furan rings is 1. The van der Waals surface area contributed by atoms with Crippen molar-refractivity contribution in [2.75, 3.05) is 0 Å². The average Bonchev–Trinajstić information content (AvgIpc) is 3.00. The van der Waals surface area contributed by atoms with Gasteiger partial charge in [-0.05, 0) is 55.3 Å². The molecule has 4 nitrogen and oxygen atoms in total. The van der Waals surface area contributed by atoms with Crippen LogP contribution in [0.3, 0.4) is 0 Å². The van der Waals surface area contributed by atoms with Gasteiger partial charge in [-0.3, -0.25) is 0 Å². The third-order valence-corrected chi connectivity index (χ3v) is 4.83. The van der Waals surface area contributed by atoms with Gasteiger partial charge in [0.15, 0.2) is 5.76 Å². The van der Waals surface area contributed by atoms with Gasteiger partial charge in [-0.1, -0.05) is 28.1 Å². The van der Waals surface area contributed by atoms with Crippen LogP contribution in [-0.4, -0.2) is 16.1 Å². The van der Waals surface area contributed by atoms with Gasteiger partial charge in [0.2, 0.25) is 0 Å². The molecule has 25 heavy (non-hydrogen) atoms. The first-order valence-electron chi connectivity index (χ1n) is 7.78. The Balaban J connectivity index is 2.04. The van der Waals surface area contributed by atoms with E-state index in [0.717, 1.165) is 26.6 Å². The number of pyridine rings is 1. The van der Waals surface area contributed by atoms with Gasteiger partial charge in [0.1, 0.15) is 11.3 Å². The molecule has 0 aliphatic heterocycles. The summed E-state index contributed by atoms with van der Waals surface area (Å²) in [5, 5.41) is 11.3. The molecule has 0 aliphatic carbocycles. The molecule has 124 valence electrons. The standard InChI is InChI=1S/C20H14BrNO3/c1-10-3-4-11(2)19-18(10)14(20(23)24)9-15(22-19)17-8-12-7-13(21)5-6-16(12)25-17/h3-9H,1-2H3,(H,23,24). The molecule has 2 aromatic heterocycles. The largest absolute Gasteiger partial charge is 0.478 e. The number of rotatable bonds is 2. The van der Waals surface area contributed by atoms with Crippen LogP contribution in [0.1, 0.15) is 21.5 Å².